The van der Waals surface area contributed by atoms with Crippen molar-refractivity contribution in [1.29, 1.82) is 0 Å². The largest absolute Gasteiger partial charge is 0.453 e. The highest BCUT2D eigenvalue weighted by Gasteiger charge is 2.29. The number of benzene rings is 4. The number of rotatable bonds is 33. The Labute approximate surface area is 458 Å². The highest BCUT2D eigenvalue weighted by Crippen LogP contribution is 2.44. The number of aromatic amines is 1. The molecule has 1 aliphatic heterocycles. The third kappa shape index (κ3) is 16.2. The summed E-state index contributed by atoms with van der Waals surface area (Å²) >= 11 is 4.93. The fraction of sp³-hybridized carbons (Fsp3) is 0.429. The molecule has 8 rings (SSSR count). The number of ether oxygens (including phenoxy) is 5. The van der Waals surface area contributed by atoms with Crippen LogP contribution in [0.4, 0.5) is 11.4 Å². The van der Waals surface area contributed by atoms with Crippen molar-refractivity contribution in [1.82, 2.24) is 30.3 Å². The fourth-order valence-electron chi connectivity index (χ4n) is 8.93. The zero-order valence-corrected chi connectivity index (χ0v) is 46.0. The molecule has 1 aliphatic rings. The van der Waals surface area contributed by atoms with E-state index in [1.807, 2.05) is 90.6 Å². The molecule has 3 N–H and O–H groups in total. The first kappa shape index (κ1) is 57.9. The van der Waals surface area contributed by atoms with Crippen LogP contribution in [0, 0.1) is 0 Å². The van der Waals surface area contributed by atoms with Crippen molar-refractivity contribution >= 4 is 63.7 Å². The lowest BCUT2D eigenvalue weighted by Gasteiger charge is -2.28. The average molecular weight is 1110 g/mol. The van der Waals surface area contributed by atoms with E-state index in [0.717, 1.165) is 64.8 Å². The predicted molar refractivity (Wildman–Crippen MR) is 302 cm³/mol. The van der Waals surface area contributed by atoms with Crippen LogP contribution in [0.3, 0.4) is 0 Å². The minimum Gasteiger partial charge on any atom is -0.453 e. The monoisotopic (exact) mass is 1110 g/mol. The van der Waals surface area contributed by atoms with Crippen LogP contribution in [-0.4, -0.2) is 141 Å². The summed E-state index contributed by atoms with van der Waals surface area (Å²) in [5, 5.41) is 12.6. The maximum Gasteiger partial charge on any atom is 0.324 e. The molecule has 1 atom stereocenters. The lowest BCUT2D eigenvalue weighted by atomic mass is 9.95. The highest BCUT2D eigenvalue weighted by atomic mass is 32.5. The number of likely N-dealkylation sites (N-methyl/N-ethyl adjacent to an activating group) is 1. The summed E-state index contributed by atoms with van der Waals surface area (Å²) in [6, 6.07) is 28.6. The Hall–Kier alpha value is -6.23. The first-order chi connectivity index (χ1) is 38.1. The number of hydrogen-bond acceptors (Lipinski definition) is 16. The smallest absolute Gasteiger partial charge is 0.324 e. The van der Waals surface area contributed by atoms with Crippen molar-refractivity contribution in [3.8, 4) is 33.8 Å². The van der Waals surface area contributed by atoms with E-state index in [4.69, 9.17) is 49.0 Å². The summed E-state index contributed by atoms with van der Waals surface area (Å²) in [6.45, 7) is 5.59. The van der Waals surface area contributed by atoms with Gasteiger partial charge in [-0.2, -0.15) is 0 Å². The second kappa shape index (κ2) is 29.7. The molecule has 1 unspecified atom stereocenters. The molecule has 0 bridgehead atoms. The Morgan fingerprint density at radius 1 is 0.795 bits per heavy atom. The lowest BCUT2D eigenvalue weighted by Crippen LogP contribution is -2.33. The van der Waals surface area contributed by atoms with Gasteiger partial charge in [0.1, 0.15) is 17.0 Å². The number of imidazole rings is 1. The fourth-order valence-corrected chi connectivity index (χ4v) is 10.2. The summed E-state index contributed by atoms with van der Waals surface area (Å²) in [6.07, 6.45) is 4.95. The predicted octanol–water partition coefficient (Wildman–Crippen LogP) is 8.05. The molecular weight excluding hydrogens is 1040 g/mol. The number of fused-ring (bicyclic) bond motifs is 8. The molecule has 3 aromatic heterocycles. The van der Waals surface area contributed by atoms with Crippen LogP contribution in [0.1, 0.15) is 51.0 Å². The van der Waals surface area contributed by atoms with Gasteiger partial charge in [-0.05, 0) is 79.6 Å². The van der Waals surface area contributed by atoms with Gasteiger partial charge in [-0.15, -0.1) is 5.10 Å². The van der Waals surface area contributed by atoms with Crippen molar-refractivity contribution < 1.29 is 51.6 Å². The van der Waals surface area contributed by atoms with Gasteiger partial charge in [0, 0.05) is 61.4 Å². The van der Waals surface area contributed by atoms with Gasteiger partial charge in [-0.25, -0.2) is 9.67 Å². The third-order valence-corrected chi connectivity index (χ3v) is 14.7. The summed E-state index contributed by atoms with van der Waals surface area (Å²) in [5.41, 5.74) is 8.44. The second-order valence-corrected chi connectivity index (χ2v) is 21.2. The molecule has 2 amide bonds. The van der Waals surface area contributed by atoms with E-state index in [9.17, 15) is 19.3 Å². The van der Waals surface area contributed by atoms with Crippen molar-refractivity contribution in [2.24, 2.45) is 0 Å². The molecule has 0 radical (unpaired) electrons. The summed E-state index contributed by atoms with van der Waals surface area (Å²) < 4.78 is 47.2. The molecule has 22 heteroatoms. The molecule has 0 spiro atoms. The van der Waals surface area contributed by atoms with Gasteiger partial charge in [0.2, 0.25) is 11.8 Å². The normalized spacial score (nSPS) is 12.9. The lowest BCUT2D eigenvalue weighted by molar-refractivity contribution is -0.125. The van der Waals surface area contributed by atoms with E-state index in [2.05, 4.69) is 30.5 Å². The van der Waals surface area contributed by atoms with Gasteiger partial charge >= 0.3 is 6.72 Å². The van der Waals surface area contributed by atoms with Crippen LogP contribution in [0.25, 0.3) is 55.8 Å². The first-order valence-corrected chi connectivity index (χ1v) is 29.1. The molecule has 0 saturated carbocycles. The average Bonchev–Trinajstić information content (AvgIpc) is 4.22. The zero-order valence-electron chi connectivity index (χ0n) is 44.3. The number of unbranched alkanes of at least 4 members (excludes halogenated alkanes) is 3. The number of hydrogen-bond donors (Lipinski definition) is 3. The SMILES string of the molecule is CCOP(O)(=S)OCCCCCCNC(=O)CCC(=O)N1Cc2ccccc2-c2c(nnn2CCOCCOCCOCCOCCOCCN(C)c2ccc(-c3cc(=O)c4ccc5[nH]cnc5c4o3)cc2)-c2ccccc21. The van der Waals surface area contributed by atoms with Gasteiger partial charge < -0.3 is 62.1 Å². The molecule has 78 heavy (non-hydrogen) atoms. The van der Waals surface area contributed by atoms with Gasteiger partial charge in [0.15, 0.2) is 11.0 Å². The molecule has 0 aliphatic carbocycles. The maximum atomic E-state index is 13.9. The molecular formula is C56H69N8O12PS. The minimum absolute atomic E-state index is 0.0453. The quantitative estimate of drug-likeness (QED) is 0.0261. The van der Waals surface area contributed by atoms with Crippen LogP contribution in [0.2, 0.25) is 0 Å². The Morgan fingerprint density at radius 3 is 2.22 bits per heavy atom. The molecule has 7 aromatic rings. The van der Waals surface area contributed by atoms with E-state index in [-0.39, 0.29) is 30.1 Å². The number of amides is 2. The number of carbonyl (C=O) groups excluding carboxylic acids is 2. The second-order valence-electron chi connectivity index (χ2n) is 18.4. The summed E-state index contributed by atoms with van der Waals surface area (Å²) in [7, 11) is 2.00. The number of H-pyrrole nitrogens is 1. The topological polar surface area (TPSA) is 227 Å². The van der Waals surface area contributed by atoms with E-state index >= 15 is 0 Å². The van der Waals surface area contributed by atoms with Crippen molar-refractivity contribution in [3.05, 3.63) is 113 Å². The van der Waals surface area contributed by atoms with Crippen LogP contribution in [0.5, 0.6) is 0 Å². The number of nitrogens with zero attached hydrogens (tertiary/aromatic N) is 6. The van der Waals surface area contributed by atoms with Crippen molar-refractivity contribution in [2.45, 2.75) is 58.5 Å². The Bertz CT molecular complexity index is 3150. The van der Waals surface area contributed by atoms with Gasteiger partial charge in [-0.1, -0.05) is 60.5 Å². The minimum atomic E-state index is -3.15. The Balaban J connectivity index is 0.670. The number of para-hydroxylation sites is 1. The standard InChI is InChI=1S/C56H69N8O12PS/c1-3-74-77(68,78)75-27-11-5-4-10-24-57-51(66)22-23-52(67)63-39-42-12-6-7-13-44(42)55-53(45-14-8-9-15-48(45)63)60-61-64(55)26-29-70-31-33-72-35-37-73-36-34-71-32-30-69-28-25-62(2)43-18-16-41(17-19-43)50-38-49(65)46-20-21-47-54(56(46)76-50)59-40-58-47/h6-9,12-21,38,40H,3-5,10-11,22-37,39H2,1-2H3,(H,57,66)(H,58,59)(H,68,78). The first-order valence-electron chi connectivity index (χ1n) is 26.5. The number of carbonyl (C=O) groups is 2. The summed E-state index contributed by atoms with van der Waals surface area (Å²) in [4.78, 5) is 60.7. The van der Waals surface area contributed by atoms with Crippen LogP contribution in [0.15, 0.2) is 107 Å². The molecule has 4 aromatic carbocycles. The molecule has 0 fully saturated rings. The van der Waals surface area contributed by atoms with E-state index < -0.39 is 6.72 Å². The highest BCUT2D eigenvalue weighted by molar-refractivity contribution is 8.07. The van der Waals surface area contributed by atoms with Crippen molar-refractivity contribution in [3.63, 3.8) is 0 Å². The van der Waals surface area contributed by atoms with E-state index in [1.54, 1.807) is 24.2 Å². The number of nitrogens with one attached hydrogen (secondary N) is 2. The van der Waals surface area contributed by atoms with Crippen LogP contribution < -0.4 is 20.5 Å². The molecule has 416 valence electrons. The van der Waals surface area contributed by atoms with E-state index in [1.165, 1.54) is 6.07 Å². The zero-order chi connectivity index (χ0) is 54.5. The van der Waals surface area contributed by atoms with Crippen molar-refractivity contribution in [2.75, 3.05) is 109 Å². The summed E-state index contributed by atoms with van der Waals surface area (Å²) in [5.74, 6) is 0.146. The number of anilines is 2. The third-order valence-electron chi connectivity index (χ3n) is 13.0. The molecule has 20 nitrogen and oxygen atoms in total. The number of aromatic nitrogens is 5. The van der Waals surface area contributed by atoms with Gasteiger partial charge in [-0.3, -0.25) is 14.4 Å². The Kier molecular flexibility index (Phi) is 22.0. The molecule has 4 heterocycles. The molecule has 0 saturated heterocycles. The Morgan fingerprint density at radius 2 is 1.47 bits per heavy atom. The van der Waals surface area contributed by atoms with E-state index in [0.29, 0.717) is 139 Å². The van der Waals surface area contributed by atoms with Gasteiger partial charge in [0.05, 0.1) is 121 Å². The van der Waals surface area contributed by atoms with Crippen LogP contribution >= 0.6 is 6.72 Å². The van der Waals surface area contributed by atoms with Gasteiger partial charge in [0.25, 0.3) is 0 Å². The van der Waals surface area contributed by atoms with Crippen LogP contribution in [-0.2, 0) is 67.2 Å². The maximum absolute atomic E-state index is 13.9.